The zero-order valence-electron chi connectivity index (χ0n) is 5.47. The maximum absolute atomic E-state index is 5.83. The van der Waals surface area contributed by atoms with Crippen molar-refractivity contribution in [2.45, 2.75) is 18.8 Å². The minimum Gasteiger partial charge on any atom is -0.139 e. The Balaban J connectivity index is 4.40. The summed E-state index contributed by atoms with van der Waals surface area (Å²) in [6, 6.07) is -2.62. The Bertz CT molecular complexity index is 123. The normalized spacial score (nSPS) is 13.5. The molecule has 0 spiro atoms. The summed E-state index contributed by atoms with van der Waals surface area (Å²) < 4.78 is 0.0478. The van der Waals surface area contributed by atoms with Crippen molar-refractivity contribution in [3.05, 3.63) is 0 Å². The van der Waals surface area contributed by atoms with Crippen LogP contribution in [0.4, 0.5) is 0 Å². The molecule has 0 aromatic carbocycles. The van der Waals surface area contributed by atoms with Crippen molar-refractivity contribution in [3.8, 4) is 0 Å². The Hall–Kier alpha value is 2.11. The summed E-state index contributed by atoms with van der Waals surface area (Å²) in [6.07, 6.45) is 0. The minimum absolute atomic E-state index is 0.0478. The van der Waals surface area contributed by atoms with Crippen molar-refractivity contribution in [1.29, 1.82) is 0 Å². The van der Waals surface area contributed by atoms with Gasteiger partial charge in [-0.2, -0.15) is 0 Å². The standard InChI is InChI=1S/C3H6BBr2Cl3Si/c1-3(2,4(5)6)10(7,8)9/h1-2H3. The predicted octanol–water partition coefficient (Wildman–Crippen LogP) is 4.24. The highest BCUT2D eigenvalue weighted by Crippen LogP contribution is 2.50. The van der Waals surface area contributed by atoms with Gasteiger partial charge in [-0.1, -0.05) is 13.8 Å². The average molecular weight is 347 g/mol. The number of rotatable bonds is 2. The summed E-state index contributed by atoms with van der Waals surface area (Å²) in [5, 5.41) is 0. The molecule has 0 rings (SSSR count). The lowest BCUT2D eigenvalue weighted by Crippen LogP contribution is -2.35. The summed E-state index contributed by atoms with van der Waals surface area (Å²) in [7, 11) is 0. The molecule has 7 heteroatoms. The summed E-state index contributed by atoms with van der Waals surface area (Å²) in [4.78, 5) is -0.294. The van der Waals surface area contributed by atoms with Gasteiger partial charge in [-0.05, 0) is 0 Å². The Labute approximate surface area is 93.1 Å². The van der Waals surface area contributed by atoms with E-state index in [4.69, 9.17) is 33.2 Å². The van der Waals surface area contributed by atoms with Crippen molar-refractivity contribution in [2.75, 3.05) is 0 Å². The molecule has 0 aliphatic heterocycles. The van der Waals surface area contributed by atoms with Crippen molar-refractivity contribution in [1.82, 2.24) is 0 Å². The molecule has 0 N–H and O–H groups in total. The predicted molar refractivity (Wildman–Crippen MR) is 61.0 cm³/mol. The third kappa shape index (κ3) is 2.87. The van der Waals surface area contributed by atoms with Gasteiger partial charge in [0.2, 0.25) is 0 Å². The van der Waals surface area contributed by atoms with Crippen LogP contribution in [0.5, 0.6) is 0 Å². The molecule has 0 aromatic heterocycles. The average Bonchev–Trinajstić information content (AvgIpc) is 1.62. The molecule has 0 unspecified atom stereocenters. The van der Waals surface area contributed by atoms with Gasteiger partial charge in [-0.15, -0.1) is 64.8 Å². The van der Waals surface area contributed by atoms with Gasteiger partial charge in [0.1, 0.15) is 0 Å². The number of halogens is 5. The van der Waals surface area contributed by atoms with Gasteiger partial charge in [-0.25, -0.2) is 0 Å². The fourth-order valence-electron chi connectivity index (χ4n) is 0.124. The highest BCUT2D eigenvalue weighted by molar-refractivity contribution is 9.49. The van der Waals surface area contributed by atoms with E-state index < -0.39 is 6.00 Å². The SMILES string of the molecule is CC(C)(B(Br)Br)[Si](Cl)(Cl)Cl. The zero-order chi connectivity index (χ0) is 8.58. The van der Waals surface area contributed by atoms with Crippen molar-refractivity contribution in [2.24, 2.45) is 0 Å². The van der Waals surface area contributed by atoms with Gasteiger partial charge in [0, 0.05) is 4.94 Å². The smallest absolute Gasteiger partial charge is 0.139 e. The molecule has 0 aliphatic rings. The molecule has 0 fully saturated rings. The summed E-state index contributed by atoms with van der Waals surface area (Å²) >= 11 is 24.1. The van der Waals surface area contributed by atoms with E-state index in [1.807, 2.05) is 13.8 Å². The maximum atomic E-state index is 5.83. The van der Waals surface area contributed by atoms with Crippen LogP contribution >= 0.6 is 64.8 Å². The van der Waals surface area contributed by atoms with Crippen LogP contribution in [0, 0.1) is 0 Å². The van der Waals surface area contributed by atoms with Crippen LogP contribution in [0.2, 0.25) is 4.94 Å². The van der Waals surface area contributed by atoms with Crippen LogP contribution in [0.25, 0.3) is 0 Å². The molecule has 0 saturated heterocycles. The molecule has 0 atom stereocenters. The first-order valence-electron chi connectivity index (χ1n) is 2.54. The molecule has 0 amide bonds. The van der Waals surface area contributed by atoms with E-state index >= 15 is 0 Å². The lowest BCUT2D eigenvalue weighted by Gasteiger charge is -2.29. The van der Waals surface area contributed by atoms with Gasteiger partial charge < -0.3 is 0 Å². The molecule has 0 radical (unpaired) electrons. The molecule has 0 heterocycles. The van der Waals surface area contributed by atoms with Crippen LogP contribution in [-0.2, 0) is 0 Å². The summed E-state index contributed by atoms with van der Waals surface area (Å²) in [5.41, 5.74) is 0. The molecular formula is C3H6BBr2Cl3Si. The molecule has 0 aromatic rings. The van der Waals surface area contributed by atoms with Crippen molar-refractivity contribution >= 4 is 75.1 Å². The first kappa shape index (κ1) is 12.1. The molecule has 0 nitrogen and oxygen atoms in total. The van der Waals surface area contributed by atoms with Gasteiger partial charge in [0.15, 0.2) is 0 Å². The Kier molecular flexibility index (Phi) is 4.70. The molecule has 10 heavy (non-hydrogen) atoms. The van der Waals surface area contributed by atoms with Crippen molar-refractivity contribution < 1.29 is 0 Å². The van der Waals surface area contributed by atoms with Crippen LogP contribution < -0.4 is 0 Å². The van der Waals surface area contributed by atoms with Gasteiger partial charge in [0.05, 0.1) is 0 Å². The molecule has 60 valence electrons. The largest absolute Gasteiger partial charge is 0.341 e. The second-order valence-corrected chi connectivity index (χ2v) is 14.7. The third-order valence-corrected chi connectivity index (χ3v) is 10.5. The van der Waals surface area contributed by atoms with E-state index in [1.165, 1.54) is 0 Å². The molecule has 0 saturated carbocycles. The monoisotopic (exact) mass is 344 g/mol. The fourth-order valence-corrected chi connectivity index (χ4v) is 5.79. The Morgan fingerprint density at radius 2 is 1.50 bits per heavy atom. The Morgan fingerprint density at radius 3 is 1.50 bits per heavy atom. The zero-order valence-corrected chi connectivity index (χ0v) is 11.9. The third-order valence-electron chi connectivity index (χ3n) is 1.28. The van der Waals surface area contributed by atoms with Crippen LogP contribution in [0.3, 0.4) is 0 Å². The van der Waals surface area contributed by atoms with Gasteiger partial charge in [-0.3, -0.25) is 0 Å². The highest BCUT2D eigenvalue weighted by Gasteiger charge is 2.49. The van der Waals surface area contributed by atoms with E-state index in [9.17, 15) is 0 Å². The first-order valence-corrected chi connectivity index (χ1v) is 9.41. The molecule has 0 aliphatic carbocycles. The molecule has 0 bridgehead atoms. The Morgan fingerprint density at radius 1 is 1.20 bits per heavy atom. The van der Waals surface area contributed by atoms with E-state index in [-0.39, 0.29) is 9.30 Å². The lowest BCUT2D eigenvalue weighted by atomic mass is 9.89. The maximum Gasteiger partial charge on any atom is 0.341 e. The van der Waals surface area contributed by atoms with Gasteiger partial charge >= 0.3 is 10.4 Å². The van der Waals surface area contributed by atoms with Gasteiger partial charge in [0.25, 0.3) is 0 Å². The second-order valence-electron chi connectivity index (χ2n) is 2.52. The number of hydrogen-bond donors (Lipinski definition) is 0. The van der Waals surface area contributed by atoms with Crippen LogP contribution in [0.15, 0.2) is 0 Å². The van der Waals surface area contributed by atoms with Crippen LogP contribution in [-0.4, -0.2) is 10.4 Å². The molecular weight excluding hydrogens is 341 g/mol. The first-order chi connectivity index (χ1) is 4.19. The lowest BCUT2D eigenvalue weighted by molar-refractivity contribution is 0.949. The quantitative estimate of drug-likeness (QED) is 0.518. The van der Waals surface area contributed by atoms with E-state index in [1.54, 1.807) is 0 Å². The summed E-state index contributed by atoms with van der Waals surface area (Å²) in [6.45, 7) is 3.83. The van der Waals surface area contributed by atoms with Crippen molar-refractivity contribution in [3.63, 3.8) is 0 Å². The highest BCUT2D eigenvalue weighted by atomic mass is 79.9. The summed E-state index contributed by atoms with van der Waals surface area (Å²) in [5.74, 6) is 0. The minimum atomic E-state index is -2.62. The van der Waals surface area contributed by atoms with E-state index in [0.29, 0.717) is 0 Å². The topological polar surface area (TPSA) is 0 Å². The van der Waals surface area contributed by atoms with Crippen LogP contribution in [0.1, 0.15) is 13.8 Å². The van der Waals surface area contributed by atoms with E-state index in [0.717, 1.165) is 0 Å². The van der Waals surface area contributed by atoms with E-state index in [2.05, 4.69) is 31.5 Å². The second kappa shape index (κ2) is 3.88. The number of hydrogen-bond acceptors (Lipinski definition) is 0. The fraction of sp³-hybridized carbons (Fsp3) is 1.00.